The third kappa shape index (κ3) is 8.52. The van der Waals surface area contributed by atoms with Crippen LogP contribution in [-0.2, 0) is 10.4 Å². The molecule has 0 fully saturated rings. The number of nitrogens with zero attached hydrogens (tertiary/aromatic N) is 1. The van der Waals surface area contributed by atoms with Crippen LogP contribution in [0.2, 0.25) is 0 Å². The molecule has 1 atom stereocenters. The molecule has 0 aliphatic rings. The third-order valence-corrected chi connectivity index (χ3v) is 3.72. The van der Waals surface area contributed by atoms with Crippen molar-refractivity contribution in [3.05, 3.63) is 22.4 Å². The summed E-state index contributed by atoms with van der Waals surface area (Å²) in [5, 5.41) is 23.2. The van der Waals surface area contributed by atoms with E-state index >= 15 is 0 Å². The van der Waals surface area contributed by atoms with Gasteiger partial charge in [0.25, 0.3) is 0 Å². The van der Waals surface area contributed by atoms with E-state index in [4.69, 9.17) is 0 Å². The van der Waals surface area contributed by atoms with Crippen molar-refractivity contribution in [1.82, 2.24) is 16.0 Å². The second kappa shape index (κ2) is 11.6. The van der Waals surface area contributed by atoms with E-state index in [1.54, 1.807) is 18.3 Å². The van der Waals surface area contributed by atoms with E-state index in [9.17, 15) is 9.90 Å². The van der Waals surface area contributed by atoms with E-state index in [1.165, 1.54) is 0 Å². The lowest BCUT2D eigenvalue weighted by molar-refractivity contribution is -0.119. The number of rotatable bonds is 8. The first kappa shape index (κ1) is 22.1. The Labute approximate surface area is 159 Å². The number of nitrogens with one attached hydrogen (secondary N) is 3. The van der Waals surface area contributed by atoms with Crippen LogP contribution in [0.25, 0.3) is 0 Å². The second-order valence-electron chi connectivity index (χ2n) is 5.18. The van der Waals surface area contributed by atoms with Gasteiger partial charge in [0, 0.05) is 13.1 Å². The molecule has 1 rings (SSSR count). The maximum Gasteiger partial charge on any atom is 0.241 e. The third-order valence-electron chi connectivity index (χ3n) is 3.04. The molecule has 8 heteroatoms. The lowest BCUT2D eigenvalue weighted by atomic mass is 9.99. The summed E-state index contributed by atoms with van der Waals surface area (Å²) in [4.78, 5) is 15.8. The Morgan fingerprint density at radius 1 is 1.35 bits per heavy atom. The highest BCUT2D eigenvalue weighted by Gasteiger charge is 2.23. The van der Waals surface area contributed by atoms with Gasteiger partial charge in [-0.15, -0.1) is 24.0 Å². The molecule has 0 saturated heterocycles. The molecule has 23 heavy (non-hydrogen) atoms. The fraction of sp³-hybridized carbons (Fsp3) is 0.600. The summed E-state index contributed by atoms with van der Waals surface area (Å²) in [5.74, 6) is 0.410. The Morgan fingerprint density at radius 2 is 2.09 bits per heavy atom. The van der Waals surface area contributed by atoms with E-state index in [1.807, 2.05) is 30.7 Å². The molecule has 0 saturated carbocycles. The van der Waals surface area contributed by atoms with Crippen molar-refractivity contribution in [2.45, 2.75) is 32.8 Å². The van der Waals surface area contributed by atoms with Crippen molar-refractivity contribution in [3.8, 4) is 0 Å². The first-order valence-electron chi connectivity index (χ1n) is 7.53. The number of halogens is 1. The maximum absolute atomic E-state index is 11.6. The number of aliphatic imine (C=N–C) groups is 1. The van der Waals surface area contributed by atoms with Gasteiger partial charge in [-0.25, -0.2) is 4.99 Å². The summed E-state index contributed by atoms with van der Waals surface area (Å²) >= 11 is 1.55. The lowest BCUT2D eigenvalue weighted by Gasteiger charge is -2.24. The van der Waals surface area contributed by atoms with Gasteiger partial charge in [-0.3, -0.25) is 4.79 Å². The van der Waals surface area contributed by atoms with Crippen molar-refractivity contribution in [3.63, 3.8) is 0 Å². The Kier molecular flexibility index (Phi) is 11.2. The molecule has 1 unspecified atom stereocenters. The van der Waals surface area contributed by atoms with Crippen molar-refractivity contribution in [2.75, 3.05) is 26.2 Å². The van der Waals surface area contributed by atoms with Crippen LogP contribution in [-0.4, -0.2) is 43.2 Å². The molecule has 6 nitrogen and oxygen atoms in total. The molecule has 1 amide bonds. The minimum atomic E-state index is -0.985. The number of carbonyl (C=O) groups is 1. The molecule has 0 spiro atoms. The van der Waals surface area contributed by atoms with E-state index in [2.05, 4.69) is 20.9 Å². The molecular formula is C15H27IN4O2S. The van der Waals surface area contributed by atoms with Gasteiger partial charge in [-0.2, -0.15) is 11.3 Å². The highest BCUT2D eigenvalue weighted by molar-refractivity contribution is 14.0. The van der Waals surface area contributed by atoms with Crippen molar-refractivity contribution >= 4 is 47.2 Å². The van der Waals surface area contributed by atoms with E-state index in [-0.39, 0.29) is 36.4 Å². The zero-order chi connectivity index (χ0) is 16.4. The number of hydrogen-bond donors (Lipinski definition) is 4. The highest BCUT2D eigenvalue weighted by Crippen LogP contribution is 2.21. The van der Waals surface area contributed by atoms with Crippen LogP contribution in [0.3, 0.4) is 0 Å². The molecule has 0 aliphatic carbocycles. The monoisotopic (exact) mass is 454 g/mol. The summed E-state index contributed by atoms with van der Waals surface area (Å²) in [7, 11) is 0. The van der Waals surface area contributed by atoms with Crippen LogP contribution >= 0.6 is 35.3 Å². The SMILES string of the molecule is CCCNC(=O)CN=C(NCC)NCC(C)(O)c1ccsc1.I. The van der Waals surface area contributed by atoms with Crippen LogP contribution in [0, 0.1) is 0 Å². The van der Waals surface area contributed by atoms with E-state index < -0.39 is 5.60 Å². The van der Waals surface area contributed by atoms with Gasteiger partial charge in [-0.05, 0) is 42.7 Å². The molecule has 4 N–H and O–H groups in total. The second-order valence-corrected chi connectivity index (χ2v) is 5.96. The molecule has 132 valence electrons. The van der Waals surface area contributed by atoms with Gasteiger partial charge in [0.2, 0.25) is 5.91 Å². The molecule has 1 aromatic rings. The first-order chi connectivity index (χ1) is 10.5. The average Bonchev–Trinajstić information content (AvgIpc) is 3.03. The molecule has 0 radical (unpaired) electrons. The van der Waals surface area contributed by atoms with E-state index in [0.717, 1.165) is 12.0 Å². The Bertz CT molecular complexity index is 478. The summed E-state index contributed by atoms with van der Waals surface area (Å²) in [6.07, 6.45) is 0.900. The molecular weight excluding hydrogens is 427 g/mol. The number of hydrogen-bond acceptors (Lipinski definition) is 4. The largest absolute Gasteiger partial charge is 0.384 e. The van der Waals surface area contributed by atoms with Gasteiger partial charge in [0.05, 0.1) is 6.54 Å². The number of guanidine groups is 1. The predicted octanol–water partition coefficient (Wildman–Crippen LogP) is 1.65. The lowest BCUT2D eigenvalue weighted by Crippen LogP contribution is -2.45. The van der Waals surface area contributed by atoms with Crippen LogP contribution in [0.1, 0.15) is 32.8 Å². The van der Waals surface area contributed by atoms with Crippen LogP contribution in [0.4, 0.5) is 0 Å². The van der Waals surface area contributed by atoms with Crippen molar-refractivity contribution in [2.24, 2.45) is 4.99 Å². The standard InChI is InChI=1S/C15H26N4O2S.HI/c1-4-7-17-13(20)9-18-14(16-5-2)19-11-15(3,21)12-6-8-22-10-12;/h6,8,10,21H,4-5,7,9,11H2,1-3H3,(H,17,20)(H2,16,18,19);1H. The minimum Gasteiger partial charge on any atom is -0.384 e. The quantitative estimate of drug-likeness (QED) is 0.274. The van der Waals surface area contributed by atoms with Crippen LogP contribution in [0.5, 0.6) is 0 Å². The number of thiophene rings is 1. The zero-order valence-corrected chi connectivity index (χ0v) is 17.0. The molecule has 0 aliphatic heterocycles. The summed E-state index contributed by atoms with van der Waals surface area (Å²) < 4.78 is 0. The van der Waals surface area contributed by atoms with Crippen molar-refractivity contribution in [1.29, 1.82) is 0 Å². The molecule has 0 aromatic carbocycles. The van der Waals surface area contributed by atoms with Gasteiger partial charge in [0.1, 0.15) is 12.1 Å². The topological polar surface area (TPSA) is 85.8 Å². The zero-order valence-electron chi connectivity index (χ0n) is 13.9. The molecule has 1 aromatic heterocycles. The van der Waals surface area contributed by atoms with Crippen LogP contribution < -0.4 is 16.0 Å². The minimum absolute atomic E-state index is 0. The predicted molar refractivity (Wildman–Crippen MR) is 107 cm³/mol. The fourth-order valence-electron chi connectivity index (χ4n) is 1.74. The Morgan fingerprint density at radius 3 is 2.65 bits per heavy atom. The van der Waals surface area contributed by atoms with Gasteiger partial charge in [-0.1, -0.05) is 6.92 Å². The smallest absolute Gasteiger partial charge is 0.241 e. The fourth-order valence-corrected chi connectivity index (χ4v) is 2.52. The average molecular weight is 454 g/mol. The summed E-state index contributed by atoms with van der Waals surface area (Å²) in [6.45, 7) is 7.42. The van der Waals surface area contributed by atoms with Crippen molar-refractivity contribution < 1.29 is 9.90 Å². The Hall–Kier alpha value is -0.870. The van der Waals surface area contributed by atoms with E-state index in [0.29, 0.717) is 25.6 Å². The summed E-state index contributed by atoms with van der Waals surface area (Å²) in [5.41, 5.74) is -0.123. The van der Waals surface area contributed by atoms with Gasteiger partial charge in [0.15, 0.2) is 5.96 Å². The molecule has 1 heterocycles. The van der Waals surface area contributed by atoms with Gasteiger partial charge >= 0.3 is 0 Å². The molecule has 0 bridgehead atoms. The summed E-state index contributed by atoms with van der Waals surface area (Å²) in [6, 6.07) is 1.90. The Balaban J connectivity index is 0.00000484. The maximum atomic E-state index is 11.6. The van der Waals surface area contributed by atoms with Crippen LogP contribution in [0.15, 0.2) is 21.8 Å². The normalized spacial score (nSPS) is 13.7. The first-order valence-corrected chi connectivity index (χ1v) is 8.47. The number of carbonyl (C=O) groups excluding carboxylic acids is 1. The number of amides is 1. The highest BCUT2D eigenvalue weighted by atomic mass is 127. The number of aliphatic hydroxyl groups is 1. The van der Waals surface area contributed by atoms with Gasteiger partial charge < -0.3 is 21.1 Å².